The fourth-order valence-corrected chi connectivity index (χ4v) is 6.26. The van der Waals surface area contributed by atoms with E-state index in [-0.39, 0.29) is 20.0 Å². The molecule has 0 aromatic heterocycles. The van der Waals surface area contributed by atoms with E-state index in [1.54, 1.807) is 18.2 Å². The van der Waals surface area contributed by atoms with Crippen molar-refractivity contribution in [1.82, 2.24) is 0 Å². The zero-order valence-electron chi connectivity index (χ0n) is 23.4. The normalized spacial score (nSPS) is 21.6. The van der Waals surface area contributed by atoms with Crippen LogP contribution < -0.4 is 28.4 Å². The molecule has 3 aromatic rings. The van der Waals surface area contributed by atoms with E-state index in [1.807, 2.05) is 31.2 Å². The van der Waals surface area contributed by atoms with Crippen LogP contribution in [0.3, 0.4) is 0 Å². The van der Waals surface area contributed by atoms with Gasteiger partial charge in [0.15, 0.2) is 29.6 Å². The van der Waals surface area contributed by atoms with Gasteiger partial charge in [-0.3, -0.25) is 4.79 Å². The SMILES string of the molecule is COc1cc([C@@H]2c3cc4c(cc3[C@H](OC(=O)COc3ccc(Cl)cc3C)C3COC(=O)[C@@H]32)OCO4)cc(OC)c1OC. The maximum Gasteiger partial charge on any atom is 0.344 e. The van der Waals surface area contributed by atoms with Crippen LogP contribution in [0.4, 0.5) is 0 Å². The van der Waals surface area contributed by atoms with E-state index in [0.29, 0.717) is 45.1 Å². The Kier molecular flexibility index (Phi) is 7.40. The third-order valence-corrected chi connectivity index (χ3v) is 8.14. The summed E-state index contributed by atoms with van der Waals surface area (Å²) < 4.78 is 45.5. The second-order valence-electron chi connectivity index (χ2n) is 10.2. The minimum absolute atomic E-state index is 0.0563. The smallest absolute Gasteiger partial charge is 0.344 e. The zero-order chi connectivity index (χ0) is 29.5. The number of hydrogen-bond acceptors (Lipinski definition) is 10. The largest absolute Gasteiger partial charge is 0.493 e. The molecular weight excluding hydrogens is 568 g/mol. The van der Waals surface area contributed by atoms with Crippen molar-refractivity contribution in [3.63, 3.8) is 0 Å². The predicted molar refractivity (Wildman–Crippen MR) is 149 cm³/mol. The van der Waals surface area contributed by atoms with Gasteiger partial charge in [-0.1, -0.05) is 11.6 Å². The van der Waals surface area contributed by atoms with Crippen molar-refractivity contribution in [3.05, 3.63) is 69.7 Å². The molecular formula is C31H29ClO10. The topological polar surface area (TPSA) is 108 Å². The number of benzene rings is 3. The third kappa shape index (κ3) is 4.79. The first-order chi connectivity index (χ1) is 20.3. The highest BCUT2D eigenvalue weighted by atomic mass is 35.5. The Labute approximate surface area is 247 Å². The first-order valence-corrected chi connectivity index (χ1v) is 13.7. The quantitative estimate of drug-likeness (QED) is 0.330. The summed E-state index contributed by atoms with van der Waals surface area (Å²) in [6.45, 7) is 1.64. The van der Waals surface area contributed by atoms with Crippen molar-refractivity contribution in [2.24, 2.45) is 11.8 Å². The van der Waals surface area contributed by atoms with Crippen molar-refractivity contribution >= 4 is 23.5 Å². The summed E-state index contributed by atoms with van der Waals surface area (Å²) in [6.07, 6.45) is -0.799. The fraction of sp³-hybridized carbons (Fsp3) is 0.355. The molecule has 2 heterocycles. The average molecular weight is 597 g/mol. The second-order valence-corrected chi connectivity index (χ2v) is 10.6. The Hall–Kier alpha value is -4.31. The number of carbonyl (C=O) groups is 2. The highest BCUT2D eigenvalue weighted by Crippen LogP contribution is 2.56. The van der Waals surface area contributed by atoms with Gasteiger partial charge in [0.2, 0.25) is 12.5 Å². The molecule has 0 N–H and O–H groups in total. The second kappa shape index (κ2) is 11.2. The van der Waals surface area contributed by atoms with Crippen molar-refractivity contribution in [2.75, 3.05) is 41.3 Å². The molecule has 0 bridgehead atoms. The number of methoxy groups -OCH3 is 3. The van der Waals surface area contributed by atoms with Gasteiger partial charge in [-0.05, 0) is 66.1 Å². The lowest BCUT2D eigenvalue weighted by Crippen LogP contribution is -2.37. The van der Waals surface area contributed by atoms with Gasteiger partial charge in [-0.15, -0.1) is 0 Å². The molecule has 6 rings (SSSR count). The molecule has 0 saturated carbocycles. The standard InChI is InChI=1S/C31H29ClO10/c1-15-7-17(32)5-6-21(15)38-13-26(33)42-29-19-11-23-22(40-14-41-23)10-18(19)27(28-20(29)12-39-31(28)34)16-8-24(35-2)30(37-4)25(9-16)36-3/h5-11,20,27-29H,12-14H2,1-4H3/t20?,27-,28+,29+/m1/s1. The van der Waals surface area contributed by atoms with Crippen LogP contribution in [-0.4, -0.2) is 53.3 Å². The molecule has 1 aliphatic carbocycles. The number of hydrogen-bond donors (Lipinski definition) is 0. The molecule has 10 nitrogen and oxygen atoms in total. The Morgan fingerprint density at radius 2 is 1.60 bits per heavy atom. The van der Waals surface area contributed by atoms with Gasteiger partial charge < -0.3 is 37.9 Å². The molecule has 1 saturated heterocycles. The Morgan fingerprint density at radius 3 is 2.24 bits per heavy atom. The van der Waals surface area contributed by atoms with Crippen molar-refractivity contribution in [3.8, 4) is 34.5 Å². The molecule has 4 atom stereocenters. The number of rotatable bonds is 8. The van der Waals surface area contributed by atoms with E-state index in [9.17, 15) is 9.59 Å². The molecule has 1 unspecified atom stereocenters. The van der Waals surface area contributed by atoms with Gasteiger partial charge in [-0.25, -0.2) is 4.79 Å². The number of aryl methyl sites for hydroxylation is 1. The maximum absolute atomic E-state index is 13.3. The van der Waals surface area contributed by atoms with Crippen LogP contribution in [0.25, 0.3) is 0 Å². The molecule has 11 heteroatoms. The lowest BCUT2D eigenvalue weighted by molar-refractivity contribution is -0.156. The molecule has 3 aliphatic rings. The average Bonchev–Trinajstić information content (AvgIpc) is 3.61. The van der Waals surface area contributed by atoms with Crippen LogP contribution in [0.15, 0.2) is 42.5 Å². The molecule has 42 heavy (non-hydrogen) atoms. The number of cyclic esters (lactones) is 1. The first-order valence-electron chi connectivity index (χ1n) is 13.3. The van der Waals surface area contributed by atoms with Crippen LogP contribution in [0, 0.1) is 18.8 Å². The summed E-state index contributed by atoms with van der Waals surface area (Å²) in [4.78, 5) is 26.5. The molecule has 0 spiro atoms. The number of halogens is 1. The highest BCUT2D eigenvalue weighted by Gasteiger charge is 2.54. The highest BCUT2D eigenvalue weighted by molar-refractivity contribution is 6.30. The van der Waals surface area contributed by atoms with Gasteiger partial charge in [0.25, 0.3) is 0 Å². The molecule has 3 aromatic carbocycles. The predicted octanol–water partition coefficient (Wildman–Crippen LogP) is 5.00. The number of fused-ring (bicyclic) bond motifs is 3. The molecule has 0 radical (unpaired) electrons. The van der Waals surface area contributed by atoms with Crippen molar-refractivity contribution < 1.29 is 47.5 Å². The molecule has 1 fully saturated rings. The number of esters is 2. The lowest BCUT2D eigenvalue weighted by Gasteiger charge is -2.38. The van der Waals surface area contributed by atoms with Crippen LogP contribution in [0.1, 0.15) is 34.3 Å². The van der Waals surface area contributed by atoms with Crippen molar-refractivity contribution in [1.29, 1.82) is 0 Å². The van der Waals surface area contributed by atoms with E-state index in [2.05, 4.69) is 0 Å². The van der Waals surface area contributed by atoms with E-state index < -0.39 is 35.8 Å². The summed E-state index contributed by atoms with van der Waals surface area (Å²) in [5.41, 5.74) is 2.95. The minimum atomic E-state index is -0.799. The Morgan fingerprint density at radius 1 is 0.905 bits per heavy atom. The van der Waals surface area contributed by atoms with Crippen LogP contribution in [0.5, 0.6) is 34.5 Å². The van der Waals surface area contributed by atoms with Crippen LogP contribution in [0.2, 0.25) is 5.02 Å². The van der Waals surface area contributed by atoms with Gasteiger partial charge in [-0.2, -0.15) is 0 Å². The molecule has 0 amide bonds. The molecule has 220 valence electrons. The van der Waals surface area contributed by atoms with Gasteiger partial charge in [0.05, 0.1) is 33.9 Å². The summed E-state index contributed by atoms with van der Waals surface area (Å²) in [6, 6.07) is 12.4. The number of ether oxygens (including phenoxy) is 8. The van der Waals surface area contributed by atoms with Crippen molar-refractivity contribution in [2.45, 2.75) is 18.9 Å². The fourth-order valence-electron chi connectivity index (χ4n) is 6.03. The first kappa shape index (κ1) is 27.8. The minimum Gasteiger partial charge on any atom is -0.493 e. The number of carbonyl (C=O) groups excluding carboxylic acids is 2. The monoisotopic (exact) mass is 596 g/mol. The van der Waals surface area contributed by atoms with Gasteiger partial charge in [0.1, 0.15) is 11.9 Å². The summed E-state index contributed by atoms with van der Waals surface area (Å²) in [5.74, 6) is 0.263. The van der Waals surface area contributed by atoms with E-state index in [0.717, 1.165) is 16.7 Å². The van der Waals surface area contributed by atoms with E-state index in [1.165, 1.54) is 21.3 Å². The summed E-state index contributed by atoms with van der Waals surface area (Å²) >= 11 is 6.04. The Balaban J connectivity index is 1.40. The van der Waals surface area contributed by atoms with E-state index >= 15 is 0 Å². The third-order valence-electron chi connectivity index (χ3n) is 7.91. The Bertz CT molecular complexity index is 1530. The summed E-state index contributed by atoms with van der Waals surface area (Å²) in [7, 11) is 4.59. The maximum atomic E-state index is 13.3. The van der Waals surface area contributed by atoms with Crippen LogP contribution in [-0.2, 0) is 19.1 Å². The van der Waals surface area contributed by atoms with Crippen LogP contribution >= 0.6 is 11.6 Å². The molecule has 2 aliphatic heterocycles. The zero-order valence-corrected chi connectivity index (χ0v) is 24.2. The van der Waals surface area contributed by atoms with E-state index in [4.69, 9.17) is 49.5 Å². The van der Waals surface area contributed by atoms with Gasteiger partial charge >= 0.3 is 11.9 Å². The lowest BCUT2D eigenvalue weighted by atomic mass is 9.66. The van der Waals surface area contributed by atoms with Gasteiger partial charge in [0, 0.05) is 22.4 Å². The summed E-state index contributed by atoms with van der Waals surface area (Å²) in [5, 5.41) is 0.568.